The molecule has 0 spiro atoms. The molecular formula is C15H21NO3S. The van der Waals surface area contributed by atoms with Crippen LogP contribution in [-0.2, 0) is 9.53 Å². The highest BCUT2D eigenvalue weighted by molar-refractivity contribution is 8.00. The summed E-state index contributed by atoms with van der Waals surface area (Å²) in [5, 5.41) is 0.0331. The molecular weight excluding hydrogens is 274 g/mol. The number of benzene rings is 1. The van der Waals surface area contributed by atoms with Gasteiger partial charge >= 0.3 is 0 Å². The van der Waals surface area contributed by atoms with Gasteiger partial charge in [0.15, 0.2) is 0 Å². The highest BCUT2D eigenvalue weighted by Gasteiger charge is 2.34. The summed E-state index contributed by atoms with van der Waals surface area (Å²) < 4.78 is 11.0. The largest absolute Gasteiger partial charge is 0.493 e. The van der Waals surface area contributed by atoms with Crippen LogP contribution in [0, 0.1) is 0 Å². The van der Waals surface area contributed by atoms with Crippen molar-refractivity contribution in [3.8, 4) is 5.75 Å². The van der Waals surface area contributed by atoms with Crippen LogP contribution in [0.25, 0.3) is 0 Å². The average Bonchev–Trinajstić information content (AvgIpc) is 2.82. The first-order chi connectivity index (χ1) is 9.77. The number of rotatable bonds is 7. The third kappa shape index (κ3) is 3.46. The van der Waals surface area contributed by atoms with Crippen LogP contribution >= 0.6 is 11.8 Å². The Labute approximate surface area is 124 Å². The van der Waals surface area contributed by atoms with E-state index in [0.29, 0.717) is 32.1 Å². The van der Waals surface area contributed by atoms with Crippen molar-refractivity contribution >= 4 is 17.7 Å². The van der Waals surface area contributed by atoms with E-state index in [9.17, 15) is 4.79 Å². The molecule has 4 nitrogen and oxygen atoms in total. The molecule has 0 radical (unpaired) electrons. The number of thioether (sulfide) groups is 1. The van der Waals surface area contributed by atoms with Gasteiger partial charge in [0, 0.05) is 18.7 Å². The van der Waals surface area contributed by atoms with Gasteiger partial charge in [-0.2, -0.15) is 0 Å². The average molecular weight is 295 g/mol. The first-order valence-electron chi connectivity index (χ1n) is 6.98. The van der Waals surface area contributed by atoms with E-state index in [0.717, 1.165) is 11.3 Å². The molecule has 1 aromatic rings. The van der Waals surface area contributed by atoms with E-state index < -0.39 is 0 Å². The van der Waals surface area contributed by atoms with Crippen molar-refractivity contribution in [2.45, 2.75) is 19.2 Å². The molecule has 1 atom stereocenters. The van der Waals surface area contributed by atoms with Crippen molar-refractivity contribution in [1.82, 2.24) is 4.90 Å². The van der Waals surface area contributed by atoms with Gasteiger partial charge in [-0.25, -0.2) is 0 Å². The van der Waals surface area contributed by atoms with Crippen LogP contribution in [0.15, 0.2) is 24.3 Å². The molecule has 0 aliphatic carbocycles. The van der Waals surface area contributed by atoms with Crippen molar-refractivity contribution in [1.29, 1.82) is 0 Å². The molecule has 0 N–H and O–H groups in total. The predicted molar refractivity (Wildman–Crippen MR) is 81.0 cm³/mol. The number of hydrogen-bond donors (Lipinski definition) is 0. The van der Waals surface area contributed by atoms with Crippen LogP contribution in [-0.4, -0.2) is 42.9 Å². The lowest BCUT2D eigenvalue weighted by Gasteiger charge is -2.25. The minimum atomic E-state index is 0.0331. The Kier molecular flexibility index (Phi) is 5.73. The standard InChI is InChI=1S/C15H21NO3S/c1-3-18-10-9-16-14(17)11-20-15(16)12-7-5-6-8-13(12)19-4-2/h5-8,15H,3-4,9-11H2,1-2H3. The van der Waals surface area contributed by atoms with Gasteiger partial charge in [-0.05, 0) is 19.9 Å². The second kappa shape index (κ2) is 7.55. The van der Waals surface area contributed by atoms with Gasteiger partial charge in [-0.15, -0.1) is 11.8 Å². The molecule has 5 heteroatoms. The monoisotopic (exact) mass is 295 g/mol. The van der Waals surface area contributed by atoms with E-state index in [4.69, 9.17) is 9.47 Å². The normalized spacial score (nSPS) is 18.6. The summed E-state index contributed by atoms with van der Waals surface area (Å²) in [5.74, 6) is 1.56. The zero-order valence-electron chi connectivity index (χ0n) is 12.0. The number of ether oxygens (including phenoxy) is 2. The maximum atomic E-state index is 12.0. The van der Waals surface area contributed by atoms with Gasteiger partial charge < -0.3 is 14.4 Å². The fraction of sp³-hybridized carbons (Fsp3) is 0.533. The van der Waals surface area contributed by atoms with Gasteiger partial charge in [-0.1, -0.05) is 18.2 Å². The van der Waals surface area contributed by atoms with Crippen LogP contribution in [0.2, 0.25) is 0 Å². The molecule has 1 unspecified atom stereocenters. The minimum Gasteiger partial charge on any atom is -0.493 e. The molecule has 110 valence electrons. The highest BCUT2D eigenvalue weighted by Crippen LogP contribution is 2.42. The van der Waals surface area contributed by atoms with Crippen LogP contribution in [0.1, 0.15) is 24.8 Å². The Morgan fingerprint density at radius 3 is 2.85 bits per heavy atom. The quantitative estimate of drug-likeness (QED) is 0.725. The first-order valence-corrected chi connectivity index (χ1v) is 8.03. The Bertz CT molecular complexity index is 452. The third-order valence-corrected chi connectivity index (χ3v) is 4.37. The third-order valence-electron chi connectivity index (χ3n) is 3.13. The number of carbonyl (C=O) groups excluding carboxylic acids is 1. The fourth-order valence-electron chi connectivity index (χ4n) is 2.23. The SMILES string of the molecule is CCOCCN1C(=O)CSC1c1ccccc1OCC. The summed E-state index contributed by atoms with van der Waals surface area (Å²) in [5.41, 5.74) is 1.07. The number of carbonyl (C=O) groups is 1. The van der Waals surface area contributed by atoms with Crippen LogP contribution < -0.4 is 4.74 Å². The van der Waals surface area contributed by atoms with Crippen LogP contribution in [0.4, 0.5) is 0 Å². The van der Waals surface area contributed by atoms with Crippen molar-refractivity contribution in [3.05, 3.63) is 29.8 Å². The summed E-state index contributed by atoms with van der Waals surface area (Å²) in [4.78, 5) is 13.9. The first kappa shape index (κ1) is 15.2. The van der Waals surface area contributed by atoms with E-state index in [1.807, 2.05) is 43.0 Å². The summed E-state index contributed by atoms with van der Waals surface area (Å²) in [7, 11) is 0. The van der Waals surface area contributed by atoms with Gasteiger partial charge in [-0.3, -0.25) is 4.79 Å². The molecule has 0 saturated carbocycles. The lowest BCUT2D eigenvalue weighted by Crippen LogP contribution is -2.31. The van der Waals surface area contributed by atoms with E-state index in [2.05, 4.69) is 0 Å². The molecule has 2 rings (SSSR count). The molecule has 1 saturated heterocycles. The summed E-state index contributed by atoms with van der Waals surface area (Å²) in [6.45, 7) is 6.44. The zero-order chi connectivity index (χ0) is 14.4. The molecule has 1 aromatic carbocycles. The van der Waals surface area contributed by atoms with Crippen molar-refractivity contribution in [2.75, 3.05) is 32.1 Å². The Balaban J connectivity index is 2.15. The number of hydrogen-bond acceptors (Lipinski definition) is 4. The van der Waals surface area contributed by atoms with E-state index in [-0.39, 0.29) is 11.3 Å². The Morgan fingerprint density at radius 2 is 2.10 bits per heavy atom. The highest BCUT2D eigenvalue weighted by atomic mass is 32.2. The van der Waals surface area contributed by atoms with Gasteiger partial charge in [0.1, 0.15) is 11.1 Å². The van der Waals surface area contributed by atoms with Crippen molar-refractivity contribution < 1.29 is 14.3 Å². The van der Waals surface area contributed by atoms with Gasteiger partial charge in [0.25, 0.3) is 0 Å². The molecule has 1 heterocycles. The second-order valence-corrected chi connectivity index (χ2v) is 5.49. The Morgan fingerprint density at radius 1 is 1.30 bits per heavy atom. The smallest absolute Gasteiger partial charge is 0.233 e. The van der Waals surface area contributed by atoms with Crippen LogP contribution in [0.3, 0.4) is 0 Å². The second-order valence-electron chi connectivity index (χ2n) is 4.42. The maximum Gasteiger partial charge on any atom is 0.233 e. The molecule has 20 heavy (non-hydrogen) atoms. The number of amides is 1. The molecule has 1 fully saturated rings. The van der Waals surface area contributed by atoms with Crippen molar-refractivity contribution in [2.24, 2.45) is 0 Å². The van der Waals surface area contributed by atoms with E-state index in [1.165, 1.54) is 0 Å². The lowest BCUT2D eigenvalue weighted by molar-refractivity contribution is -0.128. The lowest BCUT2D eigenvalue weighted by atomic mass is 10.2. The molecule has 1 amide bonds. The topological polar surface area (TPSA) is 38.8 Å². The van der Waals surface area contributed by atoms with E-state index >= 15 is 0 Å². The molecule has 1 aliphatic heterocycles. The van der Waals surface area contributed by atoms with Gasteiger partial charge in [0.2, 0.25) is 5.91 Å². The van der Waals surface area contributed by atoms with E-state index in [1.54, 1.807) is 11.8 Å². The number of para-hydroxylation sites is 1. The van der Waals surface area contributed by atoms with Crippen LogP contribution in [0.5, 0.6) is 5.75 Å². The predicted octanol–water partition coefficient (Wildman–Crippen LogP) is 2.70. The number of nitrogens with zero attached hydrogens (tertiary/aromatic N) is 1. The van der Waals surface area contributed by atoms with Crippen molar-refractivity contribution in [3.63, 3.8) is 0 Å². The Hall–Kier alpha value is -1.20. The zero-order valence-corrected chi connectivity index (χ0v) is 12.8. The maximum absolute atomic E-state index is 12.0. The summed E-state index contributed by atoms with van der Waals surface area (Å²) in [6, 6.07) is 7.94. The summed E-state index contributed by atoms with van der Waals surface area (Å²) in [6.07, 6.45) is 0. The summed E-state index contributed by atoms with van der Waals surface area (Å²) >= 11 is 1.65. The molecule has 0 aromatic heterocycles. The fourth-order valence-corrected chi connectivity index (χ4v) is 3.48. The molecule has 1 aliphatic rings. The minimum absolute atomic E-state index is 0.0331. The van der Waals surface area contributed by atoms with Gasteiger partial charge in [0.05, 0.1) is 19.0 Å². The molecule has 0 bridgehead atoms.